The lowest BCUT2D eigenvalue weighted by Crippen LogP contribution is -2.21. The van der Waals surface area contributed by atoms with Crippen molar-refractivity contribution in [2.45, 2.75) is 6.42 Å². The third-order valence-electron chi connectivity index (χ3n) is 4.30. The van der Waals surface area contributed by atoms with E-state index in [0.29, 0.717) is 22.2 Å². The first kappa shape index (κ1) is 23.6. The lowest BCUT2D eigenvalue weighted by molar-refractivity contribution is -0.387. The molecule has 0 aliphatic heterocycles. The molecule has 2 aromatic carbocycles. The summed E-state index contributed by atoms with van der Waals surface area (Å²) in [5, 5.41) is 15.4. The number of esters is 1. The molecule has 0 aliphatic carbocycles. The largest absolute Gasteiger partial charge is 0.493 e. The highest BCUT2D eigenvalue weighted by atomic mass is 32.1. The molecule has 1 N–H and O–H groups in total. The quantitative estimate of drug-likeness (QED) is 0.282. The number of rotatable bonds is 9. The first-order valence-corrected chi connectivity index (χ1v) is 10.2. The number of methoxy groups -OCH3 is 2. The van der Waals surface area contributed by atoms with Crippen LogP contribution >= 0.6 is 11.3 Å². The number of aromatic nitrogens is 1. The number of carbonyl (C=O) groups is 2. The fraction of sp³-hybridized carbons (Fsp3) is 0.190. The Bertz CT molecular complexity index is 1200. The second kappa shape index (κ2) is 10.5. The Kier molecular flexibility index (Phi) is 7.51. The number of carbonyl (C=O) groups excluding carboxylic acids is 2. The van der Waals surface area contributed by atoms with E-state index in [1.807, 2.05) is 6.07 Å². The number of nitrogens with one attached hydrogen (secondary N) is 1. The van der Waals surface area contributed by atoms with Crippen LogP contribution in [-0.2, 0) is 20.7 Å². The standard InChI is InChI=1S/C21H18FN3O7S/c1-30-17-6-3-12(7-18(17)31-2)21-24-14(11-33-21)9-20(27)32-10-19(26)23-13-4-5-15(22)16(8-13)25(28)29/h3-8,11H,9-10H2,1-2H3,(H,23,26). The fourth-order valence-electron chi connectivity index (χ4n) is 2.76. The average Bonchev–Trinajstić information content (AvgIpc) is 3.26. The van der Waals surface area contributed by atoms with Crippen molar-refractivity contribution in [2.24, 2.45) is 0 Å². The van der Waals surface area contributed by atoms with Crippen LogP contribution in [0.2, 0.25) is 0 Å². The zero-order valence-electron chi connectivity index (χ0n) is 17.5. The summed E-state index contributed by atoms with van der Waals surface area (Å²) in [5.41, 5.74) is 0.469. The zero-order chi connectivity index (χ0) is 24.0. The molecule has 0 spiro atoms. The number of nitro benzene ring substituents is 1. The Balaban J connectivity index is 1.54. The maximum Gasteiger partial charge on any atom is 0.312 e. The third-order valence-corrected chi connectivity index (χ3v) is 5.24. The molecule has 172 valence electrons. The van der Waals surface area contributed by atoms with Gasteiger partial charge >= 0.3 is 11.7 Å². The van der Waals surface area contributed by atoms with E-state index in [1.165, 1.54) is 25.6 Å². The van der Waals surface area contributed by atoms with Crippen molar-refractivity contribution in [1.82, 2.24) is 4.98 Å². The Morgan fingerprint density at radius 2 is 1.91 bits per heavy atom. The molecule has 0 saturated carbocycles. The molecule has 12 heteroatoms. The van der Waals surface area contributed by atoms with Crippen molar-refractivity contribution >= 4 is 34.6 Å². The minimum absolute atomic E-state index is 0.00297. The van der Waals surface area contributed by atoms with Gasteiger partial charge < -0.3 is 19.5 Å². The van der Waals surface area contributed by atoms with Crippen LogP contribution in [-0.4, -0.2) is 42.6 Å². The van der Waals surface area contributed by atoms with Crippen LogP contribution in [0.25, 0.3) is 10.6 Å². The number of benzene rings is 2. The molecule has 1 heterocycles. The van der Waals surface area contributed by atoms with E-state index in [4.69, 9.17) is 14.2 Å². The van der Waals surface area contributed by atoms with E-state index < -0.39 is 34.9 Å². The van der Waals surface area contributed by atoms with E-state index in [1.54, 1.807) is 17.5 Å². The summed E-state index contributed by atoms with van der Waals surface area (Å²) in [5.74, 6) is -1.31. The van der Waals surface area contributed by atoms with Crippen molar-refractivity contribution in [1.29, 1.82) is 0 Å². The second-order valence-electron chi connectivity index (χ2n) is 6.52. The zero-order valence-corrected chi connectivity index (χ0v) is 18.3. The van der Waals surface area contributed by atoms with Crippen molar-refractivity contribution < 1.29 is 33.1 Å². The number of nitrogens with zero attached hydrogens (tertiary/aromatic N) is 2. The molecule has 1 amide bonds. The lowest BCUT2D eigenvalue weighted by Gasteiger charge is -2.08. The monoisotopic (exact) mass is 475 g/mol. The summed E-state index contributed by atoms with van der Waals surface area (Å²) in [6.07, 6.45) is -0.154. The second-order valence-corrected chi connectivity index (χ2v) is 7.38. The van der Waals surface area contributed by atoms with Crippen LogP contribution in [0, 0.1) is 15.9 Å². The lowest BCUT2D eigenvalue weighted by atomic mass is 10.2. The van der Waals surface area contributed by atoms with Crippen LogP contribution in [0.15, 0.2) is 41.8 Å². The molecule has 0 aliphatic rings. The van der Waals surface area contributed by atoms with Gasteiger partial charge in [-0.15, -0.1) is 11.3 Å². The summed E-state index contributed by atoms with van der Waals surface area (Å²) >= 11 is 1.33. The predicted molar refractivity (Wildman–Crippen MR) is 117 cm³/mol. The molecule has 3 aromatic rings. The van der Waals surface area contributed by atoms with Gasteiger partial charge in [0.2, 0.25) is 5.82 Å². The molecular weight excluding hydrogens is 457 g/mol. The highest BCUT2D eigenvalue weighted by Gasteiger charge is 2.17. The maximum absolute atomic E-state index is 13.4. The number of anilines is 1. The summed E-state index contributed by atoms with van der Waals surface area (Å²) in [7, 11) is 3.06. The SMILES string of the molecule is COc1ccc(-c2nc(CC(=O)OCC(=O)Nc3ccc(F)c([N+](=O)[O-])c3)cs2)cc1OC. The highest BCUT2D eigenvalue weighted by molar-refractivity contribution is 7.13. The summed E-state index contributed by atoms with van der Waals surface area (Å²) in [6.45, 7) is -0.614. The van der Waals surface area contributed by atoms with Crippen LogP contribution in [0.5, 0.6) is 11.5 Å². The van der Waals surface area contributed by atoms with Gasteiger partial charge in [0.1, 0.15) is 5.01 Å². The Morgan fingerprint density at radius 1 is 1.15 bits per heavy atom. The Hall–Kier alpha value is -4.06. The topological polar surface area (TPSA) is 130 Å². The van der Waals surface area contributed by atoms with Crippen molar-refractivity contribution in [3.05, 3.63) is 63.4 Å². The Morgan fingerprint density at radius 3 is 2.61 bits per heavy atom. The number of thiazole rings is 1. The molecule has 1 aromatic heterocycles. The minimum Gasteiger partial charge on any atom is -0.493 e. The third kappa shape index (κ3) is 6.01. The molecule has 3 rings (SSSR count). The molecule has 0 atom stereocenters. The number of nitro groups is 1. The number of halogens is 1. The summed E-state index contributed by atoms with van der Waals surface area (Å²) in [4.78, 5) is 38.3. The Labute approximate surface area is 191 Å². The molecule has 0 unspecified atom stereocenters. The smallest absolute Gasteiger partial charge is 0.312 e. The van der Waals surface area contributed by atoms with Crippen LogP contribution in [0.3, 0.4) is 0 Å². The first-order valence-electron chi connectivity index (χ1n) is 9.37. The van der Waals surface area contributed by atoms with Gasteiger partial charge in [-0.05, 0) is 30.3 Å². The summed E-state index contributed by atoms with van der Waals surface area (Å²) in [6, 6.07) is 8.22. The highest BCUT2D eigenvalue weighted by Crippen LogP contribution is 2.33. The van der Waals surface area contributed by atoms with E-state index in [-0.39, 0.29) is 12.1 Å². The molecule has 0 saturated heterocycles. The normalized spacial score (nSPS) is 10.4. The van der Waals surface area contributed by atoms with Gasteiger partial charge in [-0.2, -0.15) is 4.39 Å². The molecule has 0 fully saturated rings. The van der Waals surface area contributed by atoms with Gasteiger partial charge in [-0.1, -0.05) is 0 Å². The molecular formula is C21H18FN3O7S. The van der Waals surface area contributed by atoms with Gasteiger partial charge in [0.15, 0.2) is 18.1 Å². The number of hydrogen-bond acceptors (Lipinski definition) is 9. The molecule has 0 radical (unpaired) electrons. The maximum atomic E-state index is 13.4. The van der Waals surface area contributed by atoms with Gasteiger partial charge in [-0.25, -0.2) is 4.98 Å². The summed E-state index contributed by atoms with van der Waals surface area (Å²) < 4.78 is 28.8. The van der Waals surface area contributed by atoms with Crippen LogP contribution in [0.1, 0.15) is 5.69 Å². The van der Waals surface area contributed by atoms with Gasteiger partial charge in [0.05, 0.1) is 31.3 Å². The van der Waals surface area contributed by atoms with Gasteiger partial charge in [0.25, 0.3) is 5.91 Å². The van der Waals surface area contributed by atoms with Gasteiger partial charge in [0, 0.05) is 22.7 Å². The van der Waals surface area contributed by atoms with Crippen LogP contribution in [0.4, 0.5) is 15.8 Å². The van der Waals surface area contributed by atoms with E-state index in [2.05, 4.69) is 10.3 Å². The minimum atomic E-state index is -1.03. The van der Waals surface area contributed by atoms with E-state index in [0.717, 1.165) is 23.8 Å². The fourth-order valence-corrected chi connectivity index (χ4v) is 3.58. The van der Waals surface area contributed by atoms with Gasteiger partial charge in [-0.3, -0.25) is 19.7 Å². The number of hydrogen-bond donors (Lipinski definition) is 1. The number of ether oxygens (including phenoxy) is 3. The predicted octanol–water partition coefficient (Wildman–Crippen LogP) is 3.60. The van der Waals surface area contributed by atoms with Crippen molar-refractivity contribution in [2.75, 3.05) is 26.1 Å². The molecule has 0 bridgehead atoms. The molecule has 10 nitrogen and oxygen atoms in total. The first-order chi connectivity index (χ1) is 15.8. The van der Waals surface area contributed by atoms with Crippen molar-refractivity contribution in [3.63, 3.8) is 0 Å². The number of amides is 1. The van der Waals surface area contributed by atoms with Crippen LogP contribution < -0.4 is 14.8 Å². The van der Waals surface area contributed by atoms with E-state index >= 15 is 0 Å². The van der Waals surface area contributed by atoms with Crippen molar-refractivity contribution in [3.8, 4) is 22.1 Å². The average molecular weight is 475 g/mol. The van der Waals surface area contributed by atoms with E-state index in [9.17, 15) is 24.1 Å². The molecule has 33 heavy (non-hydrogen) atoms.